The van der Waals surface area contributed by atoms with Crippen molar-refractivity contribution in [3.05, 3.63) is 23.0 Å². The second-order valence-corrected chi connectivity index (χ2v) is 3.48. The van der Waals surface area contributed by atoms with Crippen LogP contribution in [0.15, 0.2) is 6.20 Å². The second kappa shape index (κ2) is 20.1. The van der Waals surface area contributed by atoms with Crippen LogP contribution in [0.5, 0.6) is 0 Å². The number of hydrogen-bond donors (Lipinski definition) is 0. The van der Waals surface area contributed by atoms with Crippen LogP contribution in [-0.2, 0) is 39.1 Å². The molecule has 0 bridgehead atoms. The van der Waals surface area contributed by atoms with Crippen molar-refractivity contribution >= 4 is 11.3 Å². The molecular formula is C12H26NSY-. The maximum Gasteiger partial charge on any atom is 0.0698 e. The summed E-state index contributed by atoms with van der Waals surface area (Å²) in [7, 11) is 0. The van der Waals surface area contributed by atoms with Gasteiger partial charge in [-0.3, -0.25) is 0 Å². The smallest absolute Gasteiger partial charge is 0.0698 e. The van der Waals surface area contributed by atoms with E-state index in [0.29, 0.717) is 0 Å². The molecule has 0 spiro atoms. The Labute approximate surface area is 126 Å². The van der Waals surface area contributed by atoms with Crippen LogP contribution in [0.1, 0.15) is 58.4 Å². The first-order valence-corrected chi connectivity index (χ1v) is 5.82. The summed E-state index contributed by atoms with van der Waals surface area (Å²) >= 11 is 1.67. The molecule has 0 N–H and O–H groups in total. The average Bonchev–Trinajstić information content (AvgIpc) is 2.56. The van der Waals surface area contributed by atoms with Crippen LogP contribution in [-0.4, -0.2) is 4.98 Å². The summed E-state index contributed by atoms with van der Waals surface area (Å²) < 4.78 is 0. The summed E-state index contributed by atoms with van der Waals surface area (Å²) in [6.45, 7) is 14.1. The minimum Gasteiger partial charge on any atom is -0.345 e. The second-order valence-electron chi connectivity index (χ2n) is 2.28. The zero-order valence-electron chi connectivity index (χ0n) is 10.1. The van der Waals surface area contributed by atoms with Crippen molar-refractivity contribution < 1.29 is 32.7 Å². The number of aryl methyl sites for hydroxylation is 1. The van der Waals surface area contributed by atoms with E-state index < -0.39 is 0 Å². The van der Waals surface area contributed by atoms with Gasteiger partial charge in [0.1, 0.15) is 0 Å². The number of hydrogen-bond acceptors (Lipinski definition) is 2. The molecule has 1 nitrogen and oxygen atoms in total. The van der Waals surface area contributed by atoms with Crippen molar-refractivity contribution in [2.24, 2.45) is 0 Å². The van der Waals surface area contributed by atoms with Crippen LogP contribution < -0.4 is 0 Å². The van der Waals surface area contributed by atoms with Crippen LogP contribution in [0.25, 0.3) is 0 Å². The largest absolute Gasteiger partial charge is 0.345 e. The van der Waals surface area contributed by atoms with Gasteiger partial charge in [0.2, 0.25) is 0 Å². The Balaban J connectivity index is -0.0000000763. The summed E-state index contributed by atoms with van der Waals surface area (Å²) in [5.41, 5.74) is 0. The molecule has 89 valence electrons. The topological polar surface area (TPSA) is 12.9 Å². The van der Waals surface area contributed by atoms with Gasteiger partial charge in [-0.2, -0.15) is 11.3 Å². The summed E-state index contributed by atoms with van der Waals surface area (Å²) in [5.74, 6) is 0. The Bertz CT molecular complexity index is 188. The van der Waals surface area contributed by atoms with E-state index in [0.717, 1.165) is 11.3 Å². The van der Waals surface area contributed by atoms with Crippen molar-refractivity contribution in [1.29, 1.82) is 0 Å². The molecular weight excluding hydrogens is 279 g/mol. The molecule has 0 aliphatic rings. The summed E-state index contributed by atoms with van der Waals surface area (Å²) in [5, 5.41) is 1.18. The third-order valence-corrected chi connectivity index (χ3v) is 1.90. The van der Waals surface area contributed by atoms with Crippen LogP contribution in [0, 0.1) is 6.92 Å². The van der Waals surface area contributed by atoms with E-state index in [4.69, 9.17) is 0 Å². The zero-order valence-corrected chi connectivity index (χ0v) is 13.8. The van der Waals surface area contributed by atoms with Crippen LogP contribution in [0.4, 0.5) is 0 Å². The molecule has 0 aliphatic heterocycles. The minimum absolute atomic E-state index is 0. The first kappa shape index (κ1) is 24.7. The van der Waals surface area contributed by atoms with E-state index in [9.17, 15) is 0 Å². The molecule has 1 aromatic rings. The Hall–Kier alpha value is 0.604. The molecule has 0 saturated heterocycles. The van der Waals surface area contributed by atoms with Crippen LogP contribution in [0.2, 0.25) is 0 Å². The van der Waals surface area contributed by atoms with Crippen molar-refractivity contribution in [3.63, 3.8) is 0 Å². The predicted octanol–water partition coefficient (Wildman–Crippen LogP) is 4.96. The first-order valence-electron chi connectivity index (χ1n) is 5.01. The van der Waals surface area contributed by atoms with E-state index >= 15 is 0 Å². The fourth-order valence-corrected chi connectivity index (χ4v) is 1.17. The van der Waals surface area contributed by atoms with Gasteiger partial charge in [-0.1, -0.05) is 48.5 Å². The molecule has 0 atom stereocenters. The molecule has 15 heavy (non-hydrogen) atoms. The summed E-state index contributed by atoms with van der Waals surface area (Å²) in [6.07, 6.45) is 4.09. The van der Waals surface area contributed by atoms with Gasteiger partial charge in [0, 0.05) is 32.7 Å². The molecule has 0 aliphatic carbocycles. The van der Waals surface area contributed by atoms with Gasteiger partial charge in [0.05, 0.1) is 5.01 Å². The van der Waals surface area contributed by atoms with E-state index in [-0.39, 0.29) is 40.1 Å². The fraction of sp³-hybridized carbons (Fsp3) is 0.667. The van der Waals surface area contributed by atoms with Gasteiger partial charge in [-0.05, 0) is 6.42 Å². The Morgan fingerprint density at radius 1 is 1.27 bits per heavy atom. The molecule has 1 rings (SSSR count). The van der Waals surface area contributed by atoms with Gasteiger partial charge < -0.3 is 4.98 Å². The predicted molar refractivity (Wildman–Crippen MR) is 70.0 cm³/mol. The third-order valence-electron chi connectivity index (χ3n) is 0.904. The molecule has 0 unspecified atom stereocenters. The van der Waals surface area contributed by atoms with Gasteiger partial charge in [0.15, 0.2) is 0 Å². The van der Waals surface area contributed by atoms with Gasteiger partial charge in [0.25, 0.3) is 0 Å². The van der Waals surface area contributed by atoms with Crippen molar-refractivity contribution in [1.82, 2.24) is 4.98 Å². The maximum atomic E-state index is 4.09. The standard InChI is InChI=1S/C6H8NS.C3H8.C2H6.CH4.Y/c1-3-6-7-4-5(2)8-6;1-3-2;1-2;;/h4H,2-3H2,1H3;3H2,1-2H3;1-2H3;1H4;/q-1;;;;. The Morgan fingerprint density at radius 3 is 1.80 bits per heavy atom. The number of rotatable bonds is 1. The van der Waals surface area contributed by atoms with Gasteiger partial charge in [-0.25, -0.2) is 6.92 Å². The minimum atomic E-state index is 0. The number of thiazole rings is 1. The Morgan fingerprint density at radius 2 is 1.67 bits per heavy atom. The molecule has 1 heterocycles. The molecule has 0 amide bonds. The average molecular weight is 305 g/mol. The SMILES string of the molecule is C.CC.CCC.[CH2-]c1cnc(CC)s1.[Y]. The summed E-state index contributed by atoms with van der Waals surface area (Å²) in [4.78, 5) is 5.15. The van der Waals surface area contributed by atoms with Crippen molar-refractivity contribution in [2.75, 3.05) is 0 Å². The molecule has 1 aromatic heterocycles. The van der Waals surface area contributed by atoms with Crippen LogP contribution >= 0.6 is 11.3 Å². The van der Waals surface area contributed by atoms with E-state index in [1.807, 2.05) is 20.0 Å². The van der Waals surface area contributed by atoms with Gasteiger partial charge >= 0.3 is 0 Å². The first-order chi connectivity index (χ1) is 6.24. The number of aromatic nitrogens is 1. The van der Waals surface area contributed by atoms with Crippen LogP contribution in [0.3, 0.4) is 0 Å². The quantitative estimate of drug-likeness (QED) is 0.668. The molecule has 0 fully saturated rings. The molecule has 3 heteroatoms. The van der Waals surface area contributed by atoms with E-state index in [1.54, 1.807) is 11.3 Å². The molecule has 0 saturated carbocycles. The van der Waals surface area contributed by atoms with E-state index in [1.165, 1.54) is 11.4 Å². The van der Waals surface area contributed by atoms with Crippen molar-refractivity contribution in [2.45, 2.75) is 54.9 Å². The molecule has 0 aromatic carbocycles. The van der Waals surface area contributed by atoms with E-state index in [2.05, 4.69) is 32.7 Å². The zero-order chi connectivity index (χ0) is 10.7. The van der Waals surface area contributed by atoms with Crippen molar-refractivity contribution in [3.8, 4) is 0 Å². The fourth-order valence-electron chi connectivity index (χ4n) is 0.511. The third kappa shape index (κ3) is 17.2. The monoisotopic (exact) mass is 305 g/mol. The summed E-state index contributed by atoms with van der Waals surface area (Å²) in [6, 6.07) is 0. The number of nitrogens with zero attached hydrogens (tertiary/aromatic N) is 1. The maximum absolute atomic E-state index is 4.09. The van der Waals surface area contributed by atoms with Gasteiger partial charge in [-0.15, -0.1) is 11.1 Å². The molecule has 1 radical (unpaired) electrons. The normalized spacial score (nSPS) is 6.73. The Kier molecular flexibility index (Phi) is 33.1.